The minimum atomic E-state index is -0.976. The molecule has 0 fully saturated rings. The molecule has 6 nitrogen and oxygen atoms in total. The van der Waals surface area contributed by atoms with Gasteiger partial charge in [0.1, 0.15) is 6.04 Å². The first-order valence-electron chi connectivity index (χ1n) is 5.05. The SMILES string of the molecule is Cc1ccc(N(C)C(C)C(=O)O)cc1[N+](=O)[O-]. The number of aliphatic carboxylic acids is 1. The van der Waals surface area contributed by atoms with E-state index in [2.05, 4.69) is 0 Å². The van der Waals surface area contributed by atoms with E-state index < -0.39 is 16.9 Å². The summed E-state index contributed by atoms with van der Waals surface area (Å²) in [7, 11) is 1.59. The van der Waals surface area contributed by atoms with E-state index in [9.17, 15) is 14.9 Å². The minimum Gasteiger partial charge on any atom is -0.480 e. The first kappa shape index (κ1) is 13.0. The maximum absolute atomic E-state index is 10.8. The van der Waals surface area contributed by atoms with E-state index in [1.165, 1.54) is 17.9 Å². The van der Waals surface area contributed by atoms with E-state index in [-0.39, 0.29) is 5.69 Å². The number of anilines is 1. The summed E-state index contributed by atoms with van der Waals surface area (Å²) in [5.41, 5.74) is 1.05. The van der Waals surface area contributed by atoms with Crippen molar-refractivity contribution in [2.45, 2.75) is 19.9 Å². The van der Waals surface area contributed by atoms with E-state index in [0.717, 1.165) is 0 Å². The lowest BCUT2D eigenvalue weighted by atomic mass is 10.1. The van der Waals surface area contributed by atoms with E-state index in [1.807, 2.05) is 0 Å². The maximum atomic E-state index is 10.8. The summed E-state index contributed by atoms with van der Waals surface area (Å²) in [6.07, 6.45) is 0. The average Bonchev–Trinajstić information content (AvgIpc) is 2.27. The van der Waals surface area contributed by atoms with Gasteiger partial charge in [-0.1, -0.05) is 6.07 Å². The molecule has 1 aromatic carbocycles. The number of nitrogens with zero attached hydrogens (tertiary/aromatic N) is 2. The monoisotopic (exact) mass is 238 g/mol. The zero-order valence-corrected chi connectivity index (χ0v) is 9.88. The number of rotatable bonds is 4. The number of benzene rings is 1. The Hall–Kier alpha value is -2.11. The molecule has 0 spiro atoms. The predicted molar refractivity (Wildman–Crippen MR) is 63.3 cm³/mol. The summed E-state index contributed by atoms with van der Waals surface area (Å²) < 4.78 is 0. The molecule has 1 rings (SSSR count). The van der Waals surface area contributed by atoms with Crippen LogP contribution < -0.4 is 4.90 Å². The van der Waals surface area contributed by atoms with Crippen molar-refractivity contribution in [3.05, 3.63) is 33.9 Å². The molecule has 92 valence electrons. The third-order valence-corrected chi connectivity index (χ3v) is 2.74. The second-order valence-corrected chi connectivity index (χ2v) is 3.85. The zero-order valence-electron chi connectivity index (χ0n) is 9.88. The summed E-state index contributed by atoms with van der Waals surface area (Å²) in [6, 6.07) is 3.92. The van der Waals surface area contributed by atoms with Crippen molar-refractivity contribution in [1.82, 2.24) is 0 Å². The molecular weight excluding hydrogens is 224 g/mol. The highest BCUT2D eigenvalue weighted by molar-refractivity contribution is 5.77. The lowest BCUT2D eigenvalue weighted by Gasteiger charge is -2.23. The Morgan fingerprint density at radius 1 is 1.53 bits per heavy atom. The highest BCUT2D eigenvalue weighted by Crippen LogP contribution is 2.25. The van der Waals surface area contributed by atoms with Gasteiger partial charge in [-0.15, -0.1) is 0 Å². The Labute approximate surface area is 98.6 Å². The number of nitro benzene ring substituents is 1. The van der Waals surface area contributed by atoms with Crippen molar-refractivity contribution in [2.24, 2.45) is 0 Å². The maximum Gasteiger partial charge on any atom is 0.326 e. The molecule has 0 saturated carbocycles. The van der Waals surface area contributed by atoms with Crippen LogP contribution in [0.4, 0.5) is 11.4 Å². The van der Waals surface area contributed by atoms with Crippen molar-refractivity contribution in [3.63, 3.8) is 0 Å². The molecule has 1 aromatic rings. The number of carboxylic acid groups (broad SMARTS) is 1. The molecular formula is C11H14N2O4. The van der Waals surface area contributed by atoms with Crippen LogP contribution in [0.2, 0.25) is 0 Å². The van der Waals surface area contributed by atoms with Gasteiger partial charge in [-0.05, 0) is 19.9 Å². The molecule has 1 atom stereocenters. The first-order valence-corrected chi connectivity index (χ1v) is 5.05. The number of likely N-dealkylation sites (N-methyl/N-ethyl adjacent to an activating group) is 1. The normalized spacial score (nSPS) is 11.9. The molecule has 0 aliphatic carbocycles. The highest BCUT2D eigenvalue weighted by Gasteiger charge is 2.19. The smallest absolute Gasteiger partial charge is 0.326 e. The number of hydrogen-bond acceptors (Lipinski definition) is 4. The van der Waals surface area contributed by atoms with Gasteiger partial charge in [0.25, 0.3) is 5.69 Å². The van der Waals surface area contributed by atoms with Gasteiger partial charge in [-0.2, -0.15) is 0 Å². The largest absolute Gasteiger partial charge is 0.480 e. The van der Waals surface area contributed by atoms with Gasteiger partial charge in [-0.25, -0.2) is 4.79 Å². The van der Waals surface area contributed by atoms with Crippen LogP contribution in [0.25, 0.3) is 0 Å². The number of nitro groups is 1. The minimum absolute atomic E-state index is 0.00746. The molecule has 0 amide bonds. The Kier molecular flexibility index (Phi) is 3.67. The van der Waals surface area contributed by atoms with Crippen LogP contribution in [-0.2, 0) is 4.79 Å². The Morgan fingerprint density at radius 3 is 2.59 bits per heavy atom. The molecule has 0 aliphatic rings. The van der Waals surface area contributed by atoms with Crippen LogP contribution in [0.15, 0.2) is 18.2 Å². The van der Waals surface area contributed by atoms with Gasteiger partial charge in [0.05, 0.1) is 4.92 Å². The fourth-order valence-electron chi connectivity index (χ4n) is 1.40. The van der Waals surface area contributed by atoms with Crippen LogP contribution in [0.1, 0.15) is 12.5 Å². The van der Waals surface area contributed by atoms with Crippen molar-refractivity contribution < 1.29 is 14.8 Å². The highest BCUT2D eigenvalue weighted by atomic mass is 16.6. The molecule has 1 unspecified atom stereocenters. The second kappa shape index (κ2) is 4.82. The topological polar surface area (TPSA) is 83.7 Å². The molecule has 6 heteroatoms. The first-order chi connectivity index (χ1) is 7.84. The van der Waals surface area contributed by atoms with Gasteiger partial charge >= 0.3 is 5.97 Å². The van der Waals surface area contributed by atoms with E-state index >= 15 is 0 Å². The van der Waals surface area contributed by atoms with Gasteiger partial charge in [-0.3, -0.25) is 10.1 Å². The quantitative estimate of drug-likeness (QED) is 0.638. The lowest BCUT2D eigenvalue weighted by molar-refractivity contribution is -0.385. The summed E-state index contributed by atoms with van der Waals surface area (Å²) in [4.78, 5) is 22.6. The van der Waals surface area contributed by atoms with E-state index in [4.69, 9.17) is 5.11 Å². The number of aryl methyl sites for hydroxylation is 1. The number of carbonyl (C=O) groups is 1. The van der Waals surface area contributed by atoms with Gasteiger partial charge in [0.2, 0.25) is 0 Å². The zero-order chi connectivity index (χ0) is 13.2. The summed E-state index contributed by atoms with van der Waals surface area (Å²) >= 11 is 0. The number of hydrogen-bond donors (Lipinski definition) is 1. The van der Waals surface area contributed by atoms with E-state index in [0.29, 0.717) is 11.3 Å². The Balaban J connectivity index is 3.11. The van der Waals surface area contributed by atoms with Crippen LogP contribution in [-0.4, -0.2) is 29.1 Å². The van der Waals surface area contributed by atoms with Crippen molar-refractivity contribution in [1.29, 1.82) is 0 Å². The van der Waals surface area contributed by atoms with Crippen LogP contribution in [0, 0.1) is 17.0 Å². The van der Waals surface area contributed by atoms with Gasteiger partial charge < -0.3 is 10.0 Å². The number of carboxylic acids is 1. The third-order valence-electron chi connectivity index (χ3n) is 2.74. The average molecular weight is 238 g/mol. The van der Waals surface area contributed by atoms with Crippen molar-refractivity contribution >= 4 is 17.3 Å². The molecule has 0 aromatic heterocycles. The standard InChI is InChI=1S/C11H14N2O4/c1-7-4-5-9(6-10(7)13(16)17)12(3)8(2)11(14)15/h4-6,8H,1-3H3,(H,14,15). The molecule has 0 radical (unpaired) electrons. The summed E-state index contributed by atoms with van der Waals surface area (Å²) in [5, 5.41) is 19.6. The summed E-state index contributed by atoms with van der Waals surface area (Å²) in [5.74, 6) is -0.976. The molecule has 0 saturated heterocycles. The second-order valence-electron chi connectivity index (χ2n) is 3.85. The molecule has 0 heterocycles. The van der Waals surface area contributed by atoms with Gasteiger partial charge in [0.15, 0.2) is 0 Å². The summed E-state index contributed by atoms with van der Waals surface area (Å²) in [6.45, 7) is 3.16. The fraction of sp³-hybridized carbons (Fsp3) is 0.364. The van der Waals surface area contributed by atoms with Crippen molar-refractivity contribution in [3.8, 4) is 0 Å². The van der Waals surface area contributed by atoms with Gasteiger partial charge in [0, 0.05) is 24.4 Å². The predicted octanol–water partition coefficient (Wildman–Crippen LogP) is 1.81. The van der Waals surface area contributed by atoms with Crippen LogP contribution in [0.3, 0.4) is 0 Å². The Morgan fingerprint density at radius 2 is 2.12 bits per heavy atom. The molecule has 0 aliphatic heterocycles. The Bertz CT molecular complexity index is 459. The van der Waals surface area contributed by atoms with Crippen LogP contribution >= 0.6 is 0 Å². The molecule has 17 heavy (non-hydrogen) atoms. The van der Waals surface area contributed by atoms with Crippen LogP contribution in [0.5, 0.6) is 0 Å². The lowest BCUT2D eigenvalue weighted by Crippen LogP contribution is -2.35. The van der Waals surface area contributed by atoms with E-state index in [1.54, 1.807) is 26.1 Å². The third kappa shape index (κ3) is 2.72. The molecule has 0 bridgehead atoms. The molecule has 1 N–H and O–H groups in total. The van der Waals surface area contributed by atoms with Crippen molar-refractivity contribution in [2.75, 3.05) is 11.9 Å². The fourth-order valence-corrected chi connectivity index (χ4v) is 1.40.